The number of hydrogen-bond donors (Lipinski definition) is 1. The van der Waals surface area contributed by atoms with Gasteiger partial charge in [0.05, 0.1) is 5.56 Å². The molecule has 1 fully saturated rings. The molecule has 0 radical (unpaired) electrons. The van der Waals surface area contributed by atoms with E-state index in [1.165, 1.54) is 44.2 Å². The number of amides is 1. The molecule has 0 spiro atoms. The molecule has 1 amide bonds. The van der Waals surface area contributed by atoms with Gasteiger partial charge in [-0.25, -0.2) is 0 Å². The van der Waals surface area contributed by atoms with Crippen LogP contribution in [0.15, 0.2) is 47.8 Å². The van der Waals surface area contributed by atoms with Crippen molar-refractivity contribution in [1.29, 1.82) is 0 Å². The number of aryl methyl sites for hydroxylation is 1. The molecule has 228 valence electrons. The number of hydrogen-bond acceptors (Lipinski definition) is 5. The van der Waals surface area contributed by atoms with Crippen molar-refractivity contribution in [3.05, 3.63) is 59.4 Å². The number of aromatic nitrogens is 4. The fourth-order valence-electron chi connectivity index (χ4n) is 3.90. The van der Waals surface area contributed by atoms with E-state index in [4.69, 9.17) is 5.73 Å². The van der Waals surface area contributed by atoms with Crippen molar-refractivity contribution in [2.75, 3.05) is 5.75 Å². The molecule has 1 aromatic carbocycles. The standard InChI is InChI=1S/C13H17N5OS.C8H7F3.C8H16.C2H6/c1-3-4-7-20-13-17-16-12(18(13)2)9-5-6-10(11(14)19)15-8-9;1-6-2-4-7(5-3-6)8(9,10)11;1-3-5-8(4-2)6-7-8;1-2/h5-6,8H,3-4,7H2,1-2H3,(H2,14,19);2-5H,1H3;3-7H2,1-2H3;1-2H3. The topological polar surface area (TPSA) is 86.7 Å². The normalized spacial score (nSPS) is 13.0. The van der Waals surface area contributed by atoms with Crippen LogP contribution in [0.25, 0.3) is 11.4 Å². The maximum absolute atomic E-state index is 11.9. The largest absolute Gasteiger partial charge is 0.416 e. The number of nitrogens with zero attached hydrogens (tertiary/aromatic N) is 4. The second-order valence-corrected chi connectivity index (χ2v) is 10.9. The molecular weight excluding hydrogens is 547 g/mol. The molecule has 2 heterocycles. The van der Waals surface area contributed by atoms with Gasteiger partial charge < -0.3 is 10.3 Å². The van der Waals surface area contributed by atoms with Crippen molar-refractivity contribution in [2.24, 2.45) is 18.2 Å². The highest BCUT2D eigenvalue weighted by Crippen LogP contribution is 2.52. The lowest BCUT2D eigenvalue weighted by molar-refractivity contribution is -0.137. The zero-order valence-corrected chi connectivity index (χ0v) is 26.3. The quantitative estimate of drug-likeness (QED) is 0.198. The van der Waals surface area contributed by atoms with Crippen molar-refractivity contribution in [3.8, 4) is 11.4 Å². The Bertz CT molecular complexity index is 1160. The Morgan fingerprint density at radius 3 is 2.07 bits per heavy atom. The summed E-state index contributed by atoms with van der Waals surface area (Å²) in [6.07, 6.45) is 6.99. The maximum atomic E-state index is 11.9. The number of carbonyl (C=O) groups excluding carboxylic acids is 1. The molecule has 4 rings (SSSR count). The van der Waals surface area contributed by atoms with Crippen LogP contribution >= 0.6 is 11.8 Å². The summed E-state index contributed by atoms with van der Waals surface area (Å²) < 4.78 is 37.7. The summed E-state index contributed by atoms with van der Waals surface area (Å²) in [4.78, 5) is 15.0. The van der Waals surface area contributed by atoms with E-state index in [9.17, 15) is 18.0 Å². The molecule has 0 unspecified atom stereocenters. The van der Waals surface area contributed by atoms with Gasteiger partial charge in [-0.15, -0.1) is 10.2 Å². The first-order valence-corrected chi connectivity index (χ1v) is 15.4. The van der Waals surface area contributed by atoms with Crippen molar-refractivity contribution in [1.82, 2.24) is 19.7 Å². The van der Waals surface area contributed by atoms with Crippen LogP contribution in [0.1, 0.15) is 101 Å². The van der Waals surface area contributed by atoms with Crippen LogP contribution in [0.5, 0.6) is 0 Å². The molecule has 2 N–H and O–H groups in total. The SMILES string of the molecule is CC.CCCC1(CC)CC1.CCCCSc1nnc(-c2ccc(C(N)=O)nc2)n1C.Cc1ccc(C(F)(F)F)cc1. The summed E-state index contributed by atoms with van der Waals surface area (Å²) in [5.74, 6) is 1.22. The van der Waals surface area contributed by atoms with Crippen LogP contribution in [0, 0.1) is 12.3 Å². The van der Waals surface area contributed by atoms with Crippen molar-refractivity contribution >= 4 is 17.7 Å². The third kappa shape index (κ3) is 12.3. The van der Waals surface area contributed by atoms with E-state index < -0.39 is 17.6 Å². The smallest absolute Gasteiger partial charge is 0.364 e. The highest BCUT2D eigenvalue weighted by molar-refractivity contribution is 7.99. The van der Waals surface area contributed by atoms with Gasteiger partial charge in [-0.2, -0.15) is 13.2 Å². The minimum absolute atomic E-state index is 0.244. The van der Waals surface area contributed by atoms with Gasteiger partial charge in [0.2, 0.25) is 0 Å². The summed E-state index contributed by atoms with van der Waals surface area (Å²) in [5.41, 5.74) is 7.30. The predicted octanol–water partition coefficient (Wildman–Crippen LogP) is 8.88. The zero-order chi connectivity index (χ0) is 31.1. The first kappa shape index (κ1) is 36.1. The second kappa shape index (κ2) is 17.8. The van der Waals surface area contributed by atoms with Gasteiger partial charge in [0.1, 0.15) is 5.69 Å². The summed E-state index contributed by atoms with van der Waals surface area (Å²) in [6, 6.07) is 8.42. The van der Waals surface area contributed by atoms with Gasteiger partial charge in [-0.3, -0.25) is 9.78 Å². The molecule has 0 bridgehead atoms. The number of carbonyl (C=O) groups is 1. The maximum Gasteiger partial charge on any atom is 0.416 e. The first-order chi connectivity index (χ1) is 19.5. The van der Waals surface area contributed by atoms with E-state index in [1.54, 1.807) is 37.0 Å². The Balaban J connectivity index is 0.000000335. The van der Waals surface area contributed by atoms with Crippen molar-refractivity contribution < 1.29 is 18.0 Å². The van der Waals surface area contributed by atoms with Crippen LogP contribution in [0.3, 0.4) is 0 Å². The van der Waals surface area contributed by atoms with E-state index in [-0.39, 0.29) is 5.69 Å². The number of alkyl halides is 3. The minimum atomic E-state index is -4.21. The molecule has 6 nitrogen and oxygen atoms in total. The monoisotopic (exact) mass is 593 g/mol. The average Bonchev–Trinajstić information content (AvgIpc) is 3.65. The number of halogens is 3. The minimum Gasteiger partial charge on any atom is -0.364 e. The average molecular weight is 594 g/mol. The number of benzene rings is 1. The van der Waals surface area contributed by atoms with Crippen molar-refractivity contribution in [3.63, 3.8) is 0 Å². The Morgan fingerprint density at radius 1 is 1.02 bits per heavy atom. The van der Waals surface area contributed by atoms with Gasteiger partial charge in [0.25, 0.3) is 5.91 Å². The van der Waals surface area contributed by atoms with Crippen LogP contribution in [0.4, 0.5) is 13.2 Å². The van der Waals surface area contributed by atoms with E-state index in [1.807, 2.05) is 25.5 Å². The molecule has 1 aliphatic rings. The third-order valence-electron chi connectivity index (χ3n) is 6.70. The summed E-state index contributed by atoms with van der Waals surface area (Å²) in [6.45, 7) is 12.5. The molecule has 0 saturated heterocycles. The Morgan fingerprint density at radius 2 is 1.66 bits per heavy atom. The third-order valence-corrected chi connectivity index (χ3v) is 7.81. The molecule has 41 heavy (non-hydrogen) atoms. The molecule has 10 heteroatoms. The van der Waals surface area contributed by atoms with Gasteiger partial charge in [0, 0.05) is 24.6 Å². The highest BCUT2D eigenvalue weighted by atomic mass is 32.2. The summed E-state index contributed by atoms with van der Waals surface area (Å²) >= 11 is 1.69. The number of thioether (sulfide) groups is 1. The highest BCUT2D eigenvalue weighted by Gasteiger charge is 2.38. The van der Waals surface area contributed by atoms with Crippen LogP contribution in [-0.2, 0) is 13.2 Å². The van der Waals surface area contributed by atoms with Crippen LogP contribution < -0.4 is 5.73 Å². The zero-order valence-electron chi connectivity index (χ0n) is 25.5. The van der Waals surface area contributed by atoms with Gasteiger partial charge in [0.15, 0.2) is 11.0 Å². The van der Waals surface area contributed by atoms with Crippen molar-refractivity contribution in [2.45, 2.75) is 97.8 Å². The number of pyridine rings is 1. The predicted molar refractivity (Wildman–Crippen MR) is 163 cm³/mol. The Hall–Kier alpha value is -2.88. The number of primary amides is 1. The molecule has 1 aliphatic carbocycles. The van der Waals surface area contributed by atoms with E-state index >= 15 is 0 Å². The molecular formula is C31H46F3N5OS. The summed E-state index contributed by atoms with van der Waals surface area (Å²) in [7, 11) is 1.92. The Kier molecular flexibility index (Phi) is 15.7. The molecule has 2 aromatic heterocycles. The van der Waals surface area contributed by atoms with Gasteiger partial charge in [-0.1, -0.05) is 83.3 Å². The first-order valence-electron chi connectivity index (χ1n) is 14.4. The fourth-order valence-corrected chi connectivity index (χ4v) is 4.90. The molecule has 1 saturated carbocycles. The Labute approximate surface area is 247 Å². The molecule has 3 aromatic rings. The van der Waals surface area contributed by atoms with E-state index in [0.717, 1.165) is 58.2 Å². The number of nitrogens with two attached hydrogens (primary N) is 1. The van der Waals surface area contributed by atoms with E-state index in [2.05, 4.69) is 36.0 Å². The second-order valence-electron chi connectivity index (χ2n) is 9.83. The number of unbranched alkanes of at least 4 members (excludes halogenated alkanes) is 1. The van der Waals surface area contributed by atoms with Gasteiger partial charge in [-0.05, 0) is 62.3 Å². The summed E-state index contributed by atoms with van der Waals surface area (Å²) in [5, 5.41) is 9.24. The fraction of sp³-hybridized carbons (Fsp3) is 0.548. The van der Waals surface area contributed by atoms with E-state index in [0.29, 0.717) is 0 Å². The lowest BCUT2D eigenvalue weighted by Gasteiger charge is -2.07. The van der Waals surface area contributed by atoms with Crippen LogP contribution in [0.2, 0.25) is 0 Å². The van der Waals surface area contributed by atoms with Gasteiger partial charge >= 0.3 is 6.18 Å². The lowest BCUT2D eigenvalue weighted by atomic mass is 9.98. The lowest BCUT2D eigenvalue weighted by Crippen LogP contribution is -2.12. The number of rotatable bonds is 9. The molecule has 0 atom stereocenters. The molecule has 0 aliphatic heterocycles. The van der Waals surface area contributed by atoms with Crippen LogP contribution in [-0.4, -0.2) is 31.4 Å².